The highest BCUT2D eigenvalue weighted by Crippen LogP contribution is 2.23. The van der Waals surface area contributed by atoms with Crippen molar-refractivity contribution in [1.82, 2.24) is 15.5 Å². The molecule has 2 aromatic rings. The summed E-state index contributed by atoms with van der Waals surface area (Å²) in [5.41, 5.74) is 3.42. The van der Waals surface area contributed by atoms with E-state index in [2.05, 4.69) is 22.1 Å². The Morgan fingerprint density at radius 1 is 1.25 bits per heavy atom. The molecular formula is C18H21N3O2S. The zero-order valence-corrected chi connectivity index (χ0v) is 14.5. The summed E-state index contributed by atoms with van der Waals surface area (Å²) in [5, 5.41) is 7.49. The van der Waals surface area contributed by atoms with Gasteiger partial charge in [0, 0.05) is 24.5 Å². The Balaban J connectivity index is 1.42. The van der Waals surface area contributed by atoms with Crippen molar-refractivity contribution in [2.75, 3.05) is 13.1 Å². The second-order valence-electron chi connectivity index (χ2n) is 5.96. The van der Waals surface area contributed by atoms with Crippen LogP contribution in [0.15, 0.2) is 35.7 Å². The minimum atomic E-state index is -0.321. The van der Waals surface area contributed by atoms with Crippen LogP contribution in [-0.2, 0) is 24.3 Å². The molecule has 2 N–H and O–H groups in total. The summed E-state index contributed by atoms with van der Waals surface area (Å²) in [6.07, 6.45) is 0.901. The molecule has 0 unspecified atom stereocenters. The molecule has 0 saturated heterocycles. The summed E-state index contributed by atoms with van der Waals surface area (Å²) in [5.74, 6) is -0.0439. The van der Waals surface area contributed by atoms with E-state index < -0.39 is 0 Å². The van der Waals surface area contributed by atoms with E-state index in [1.165, 1.54) is 10.4 Å². The normalized spacial score (nSPS) is 13.3. The van der Waals surface area contributed by atoms with Gasteiger partial charge in [0.1, 0.15) is 0 Å². The topological polar surface area (TPSA) is 61.4 Å². The molecule has 5 nitrogen and oxygen atoms in total. The van der Waals surface area contributed by atoms with Crippen LogP contribution < -0.4 is 10.6 Å². The maximum atomic E-state index is 12.2. The number of urea groups is 1. The smallest absolute Gasteiger partial charge is 0.315 e. The average Bonchev–Trinajstić information content (AvgIpc) is 3.05. The molecule has 3 amide bonds. The van der Waals surface area contributed by atoms with Gasteiger partial charge in [-0.1, -0.05) is 29.8 Å². The number of amides is 3. The summed E-state index contributed by atoms with van der Waals surface area (Å²) in [4.78, 5) is 27.3. The van der Waals surface area contributed by atoms with Gasteiger partial charge in [-0.05, 0) is 35.9 Å². The van der Waals surface area contributed by atoms with Crippen molar-refractivity contribution in [2.45, 2.75) is 26.4 Å². The number of aryl methyl sites for hydroxylation is 1. The summed E-state index contributed by atoms with van der Waals surface area (Å²) in [7, 11) is 0. The highest BCUT2D eigenvalue weighted by atomic mass is 32.1. The molecule has 2 heterocycles. The molecule has 0 radical (unpaired) electrons. The Labute approximate surface area is 145 Å². The van der Waals surface area contributed by atoms with E-state index in [-0.39, 0.29) is 18.5 Å². The van der Waals surface area contributed by atoms with E-state index in [0.29, 0.717) is 13.1 Å². The van der Waals surface area contributed by atoms with Crippen molar-refractivity contribution in [3.05, 3.63) is 57.3 Å². The van der Waals surface area contributed by atoms with E-state index in [1.807, 2.05) is 31.2 Å². The fraction of sp³-hybridized carbons (Fsp3) is 0.333. The highest BCUT2D eigenvalue weighted by Gasteiger charge is 2.21. The van der Waals surface area contributed by atoms with E-state index in [4.69, 9.17) is 0 Å². The van der Waals surface area contributed by atoms with Crippen molar-refractivity contribution < 1.29 is 9.59 Å². The molecule has 3 rings (SSSR count). The van der Waals surface area contributed by atoms with Crippen molar-refractivity contribution in [3.63, 3.8) is 0 Å². The van der Waals surface area contributed by atoms with Crippen molar-refractivity contribution in [1.29, 1.82) is 0 Å². The average molecular weight is 343 g/mol. The molecule has 6 heteroatoms. The standard InChI is InChI=1S/C18H21N3O2S/c1-13-3-2-4-14(9-13)10-19-18(23)20-11-17(22)21-7-5-16-15(12-21)6-8-24-16/h2-4,6,8-9H,5,7,10-12H2,1H3,(H2,19,20,23). The first kappa shape index (κ1) is 16.5. The number of carbonyl (C=O) groups excluding carboxylic acids is 2. The lowest BCUT2D eigenvalue weighted by Gasteiger charge is -2.27. The predicted octanol–water partition coefficient (Wildman–Crippen LogP) is 2.44. The molecular weight excluding hydrogens is 322 g/mol. The van der Waals surface area contributed by atoms with Crippen LogP contribution in [0.5, 0.6) is 0 Å². The number of thiophene rings is 1. The number of nitrogens with zero attached hydrogens (tertiary/aromatic N) is 1. The van der Waals surface area contributed by atoms with Gasteiger partial charge in [-0.15, -0.1) is 11.3 Å². The Kier molecular flexibility index (Phi) is 5.15. The number of fused-ring (bicyclic) bond motifs is 1. The number of hydrogen-bond acceptors (Lipinski definition) is 3. The molecule has 0 spiro atoms. The number of rotatable bonds is 4. The lowest BCUT2D eigenvalue weighted by molar-refractivity contribution is -0.130. The molecule has 1 aliphatic heterocycles. The van der Waals surface area contributed by atoms with Gasteiger partial charge in [0.15, 0.2) is 0 Å². The molecule has 0 saturated carbocycles. The Hall–Kier alpha value is -2.34. The van der Waals surface area contributed by atoms with Crippen molar-refractivity contribution in [2.24, 2.45) is 0 Å². The summed E-state index contributed by atoms with van der Waals surface area (Å²) in [6.45, 7) is 3.85. The number of hydrogen-bond donors (Lipinski definition) is 2. The third-order valence-corrected chi connectivity index (χ3v) is 5.12. The van der Waals surface area contributed by atoms with Crippen molar-refractivity contribution >= 4 is 23.3 Å². The van der Waals surface area contributed by atoms with Gasteiger partial charge >= 0.3 is 6.03 Å². The number of nitrogens with one attached hydrogen (secondary N) is 2. The van der Waals surface area contributed by atoms with Gasteiger partial charge in [0.05, 0.1) is 6.54 Å². The van der Waals surface area contributed by atoms with Crippen LogP contribution in [-0.4, -0.2) is 29.9 Å². The largest absolute Gasteiger partial charge is 0.336 e. The van der Waals surface area contributed by atoms with Crippen LogP contribution in [0.1, 0.15) is 21.6 Å². The van der Waals surface area contributed by atoms with Crippen LogP contribution in [0.3, 0.4) is 0 Å². The fourth-order valence-electron chi connectivity index (χ4n) is 2.80. The SMILES string of the molecule is Cc1cccc(CNC(=O)NCC(=O)N2CCc3sccc3C2)c1. The molecule has 0 fully saturated rings. The lowest BCUT2D eigenvalue weighted by atomic mass is 10.1. The second-order valence-corrected chi connectivity index (χ2v) is 6.96. The van der Waals surface area contributed by atoms with Crippen LogP contribution in [0, 0.1) is 6.92 Å². The van der Waals surface area contributed by atoms with Crippen LogP contribution in [0.2, 0.25) is 0 Å². The van der Waals surface area contributed by atoms with E-state index >= 15 is 0 Å². The Morgan fingerprint density at radius 3 is 2.96 bits per heavy atom. The summed E-state index contributed by atoms with van der Waals surface area (Å²) < 4.78 is 0. The van der Waals surface area contributed by atoms with E-state index in [9.17, 15) is 9.59 Å². The monoisotopic (exact) mass is 343 g/mol. The van der Waals surface area contributed by atoms with Gasteiger partial charge in [-0.3, -0.25) is 4.79 Å². The maximum absolute atomic E-state index is 12.2. The van der Waals surface area contributed by atoms with Gasteiger partial charge in [-0.2, -0.15) is 0 Å². The van der Waals surface area contributed by atoms with E-state index in [0.717, 1.165) is 24.1 Å². The zero-order chi connectivity index (χ0) is 16.9. The Bertz CT molecular complexity index is 741. The first-order valence-electron chi connectivity index (χ1n) is 8.02. The minimum Gasteiger partial charge on any atom is -0.336 e. The lowest BCUT2D eigenvalue weighted by Crippen LogP contribution is -2.44. The molecule has 0 aliphatic carbocycles. The maximum Gasteiger partial charge on any atom is 0.315 e. The Morgan fingerprint density at radius 2 is 2.12 bits per heavy atom. The molecule has 24 heavy (non-hydrogen) atoms. The highest BCUT2D eigenvalue weighted by molar-refractivity contribution is 7.10. The molecule has 126 valence electrons. The second kappa shape index (κ2) is 7.49. The van der Waals surface area contributed by atoms with Crippen LogP contribution >= 0.6 is 11.3 Å². The third-order valence-electron chi connectivity index (χ3n) is 4.10. The first-order valence-corrected chi connectivity index (χ1v) is 8.90. The van der Waals surface area contributed by atoms with Gasteiger partial charge in [0.25, 0.3) is 0 Å². The quantitative estimate of drug-likeness (QED) is 0.896. The third kappa shape index (κ3) is 4.14. The van der Waals surface area contributed by atoms with Crippen LogP contribution in [0.4, 0.5) is 4.79 Å². The molecule has 1 aromatic heterocycles. The molecule has 1 aromatic carbocycles. The van der Waals surface area contributed by atoms with Gasteiger partial charge < -0.3 is 15.5 Å². The molecule has 0 atom stereocenters. The van der Waals surface area contributed by atoms with Gasteiger partial charge in [-0.25, -0.2) is 4.79 Å². The molecule has 1 aliphatic rings. The number of carbonyl (C=O) groups is 2. The minimum absolute atomic E-state index is 0.0269. The van der Waals surface area contributed by atoms with Crippen LogP contribution in [0.25, 0.3) is 0 Å². The first-order chi connectivity index (χ1) is 11.6. The fourth-order valence-corrected chi connectivity index (χ4v) is 3.69. The predicted molar refractivity (Wildman–Crippen MR) is 94.9 cm³/mol. The zero-order valence-electron chi connectivity index (χ0n) is 13.7. The summed E-state index contributed by atoms with van der Waals surface area (Å²) >= 11 is 1.75. The van der Waals surface area contributed by atoms with E-state index in [1.54, 1.807) is 16.2 Å². The molecule has 0 bridgehead atoms. The summed E-state index contributed by atoms with van der Waals surface area (Å²) in [6, 6.07) is 9.71. The number of benzene rings is 1. The van der Waals surface area contributed by atoms with Crippen molar-refractivity contribution in [3.8, 4) is 0 Å². The van der Waals surface area contributed by atoms with Gasteiger partial charge in [0.2, 0.25) is 5.91 Å².